The average molecular weight is 827 g/mol. The quantitative estimate of drug-likeness (QED) is 0.168. The summed E-state index contributed by atoms with van der Waals surface area (Å²) < 4.78 is 50.3. The summed E-state index contributed by atoms with van der Waals surface area (Å²) in [5, 5.41) is 6.32. The van der Waals surface area contributed by atoms with Gasteiger partial charge in [-0.25, -0.2) is 4.98 Å². The van der Waals surface area contributed by atoms with Gasteiger partial charge in [-0.2, -0.15) is 9.97 Å². The Balaban J connectivity index is 1.13. The molecule has 0 saturated heterocycles. The minimum atomic E-state index is -0.488. The van der Waals surface area contributed by atoms with Crippen molar-refractivity contribution in [2.45, 2.75) is 0 Å². The van der Waals surface area contributed by atoms with Crippen LogP contribution in [0.25, 0.3) is 120 Å². The number of nitrogens with zero attached hydrogens (tertiary/aromatic N) is 5. The molecule has 4 heterocycles. The van der Waals surface area contributed by atoms with Crippen molar-refractivity contribution in [2.24, 2.45) is 0 Å². The summed E-state index contributed by atoms with van der Waals surface area (Å²) in [7, 11) is 0. The van der Waals surface area contributed by atoms with E-state index >= 15 is 0 Å². The van der Waals surface area contributed by atoms with Crippen LogP contribution in [-0.4, -0.2) is 24.1 Å². The van der Waals surface area contributed by atoms with E-state index in [1.54, 1.807) is 11.3 Å². The zero-order valence-corrected chi connectivity index (χ0v) is 34.3. The predicted molar refractivity (Wildman–Crippen MR) is 263 cm³/mol. The SMILES string of the molecule is [2H]c1c([2H])c([2H])c(-c2nc(-c3cc(-n4c5ccccc5c5ccccc54)cc4c3sc3cc(-c5cccc(-c6ccccc6)c5)ccc34)nc(-n3c4ccccc4c4ccccc43)n2)c([2H])c1[2H]. The minimum Gasteiger partial charge on any atom is -0.309 e. The first kappa shape index (κ1) is 30.8. The number of fused-ring (bicyclic) bond motifs is 9. The van der Waals surface area contributed by atoms with E-state index in [-0.39, 0.29) is 17.3 Å². The fraction of sp³-hybridized carbons (Fsp3) is 0. The van der Waals surface area contributed by atoms with E-state index < -0.39 is 30.2 Å². The topological polar surface area (TPSA) is 48.5 Å². The van der Waals surface area contributed by atoms with Crippen molar-refractivity contribution in [1.82, 2.24) is 24.1 Å². The van der Waals surface area contributed by atoms with Crippen LogP contribution in [0.5, 0.6) is 0 Å². The Morgan fingerprint density at radius 1 is 0.381 bits per heavy atom. The molecule has 4 aromatic heterocycles. The van der Waals surface area contributed by atoms with Crippen molar-refractivity contribution in [3.05, 3.63) is 212 Å². The van der Waals surface area contributed by atoms with Crippen LogP contribution in [0.2, 0.25) is 0 Å². The van der Waals surface area contributed by atoms with Crippen LogP contribution in [0.15, 0.2) is 212 Å². The summed E-state index contributed by atoms with van der Waals surface area (Å²) in [6.07, 6.45) is 0. The lowest BCUT2D eigenvalue weighted by atomic mass is 9.98. The lowest BCUT2D eigenvalue weighted by Crippen LogP contribution is -2.06. The van der Waals surface area contributed by atoms with Crippen LogP contribution in [0.3, 0.4) is 0 Å². The second kappa shape index (κ2) is 14.2. The van der Waals surface area contributed by atoms with E-state index in [9.17, 15) is 0 Å². The Morgan fingerprint density at radius 2 is 0.921 bits per heavy atom. The third kappa shape index (κ3) is 5.73. The monoisotopic (exact) mass is 826 g/mol. The highest BCUT2D eigenvalue weighted by Gasteiger charge is 2.22. The number of rotatable bonds is 6. The summed E-state index contributed by atoms with van der Waals surface area (Å²) >= 11 is 1.65. The molecule has 0 aliphatic rings. The van der Waals surface area contributed by atoms with Crippen molar-refractivity contribution in [1.29, 1.82) is 0 Å². The smallest absolute Gasteiger partial charge is 0.238 e. The molecule has 294 valence electrons. The van der Waals surface area contributed by atoms with Crippen molar-refractivity contribution < 1.29 is 6.85 Å². The van der Waals surface area contributed by atoms with Gasteiger partial charge in [-0.05, 0) is 70.8 Å². The van der Waals surface area contributed by atoms with Gasteiger partial charge in [0.1, 0.15) is 0 Å². The maximum absolute atomic E-state index is 9.11. The Morgan fingerprint density at radius 3 is 1.57 bits per heavy atom. The average Bonchev–Trinajstić information content (AvgIpc) is 4.05. The van der Waals surface area contributed by atoms with Crippen LogP contribution in [0, 0.1) is 0 Å². The first-order valence-electron chi connectivity index (χ1n) is 23.3. The van der Waals surface area contributed by atoms with Gasteiger partial charge in [0.05, 0.1) is 28.9 Å². The molecule has 0 radical (unpaired) electrons. The number of hydrogen-bond donors (Lipinski definition) is 0. The van der Waals surface area contributed by atoms with Gasteiger partial charge in [-0.15, -0.1) is 11.3 Å². The van der Waals surface area contributed by atoms with Gasteiger partial charge in [-0.1, -0.05) is 164 Å². The molecule has 6 heteroatoms. The van der Waals surface area contributed by atoms with Crippen LogP contribution >= 0.6 is 11.3 Å². The van der Waals surface area contributed by atoms with Crippen molar-refractivity contribution in [3.63, 3.8) is 0 Å². The van der Waals surface area contributed by atoms with Gasteiger partial charge < -0.3 is 4.57 Å². The minimum absolute atomic E-state index is 0.0269. The molecule has 0 N–H and O–H groups in total. The van der Waals surface area contributed by atoms with E-state index in [0.29, 0.717) is 11.4 Å². The Hall–Kier alpha value is -8.19. The highest BCUT2D eigenvalue weighted by molar-refractivity contribution is 7.26. The van der Waals surface area contributed by atoms with E-state index in [4.69, 9.17) is 21.8 Å². The van der Waals surface area contributed by atoms with Gasteiger partial charge in [0.25, 0.3) is 0 Å². The molecule has 0 aliphatic carbocycles. The van der Waals surface area contributed by atoms with Crippen LogP contribution in [0.4, 0.5) is 0 Å². The molecule has 0 unspecified atom stereocenters. The molecular formula is C57H35N5S. The van der Waals surface area contributed by atoms with Crippen LogP contribution in [-0.2, 0) is 0 Å². The van der Waals surface area contributed by atoms with Gasteiger partial charge in [0.15, 0.2) is 11.6 Å². The summed E-state index contributed by atoms with van der Waals surface area (Å²) in [5.74, 6) is 0.529. The molecule has 0 bridgehead atoms. The Kier molecular flexibility index (Phi) is 6.94. The van der Waals surface area contributed by atoms with E-state index in [2.05, 4.69) is 144 Å². The third-order valence-electron chi connectivity index (χ3n) is 12.1. The fourth-order valence-electron chi connectivity index (χ4n) is 9.24. The summed E-state index contributed by atoms with van der Waals surface area (Å²) in [5.41, 5.74) is 9.79. The highest BCUT2D eigenvalue weighted by atomic mass is 32.1. The summed E-state index contributed by atoms with van der Waals surface area (Å²) in [6.45, 7) is 0. The molecule has 0 fully saturated rings. The number of para-hydroxylation sites is 4. The second-order valence-electron chi connectivity index (χ2n) is 15.7. The van der Waals surface area contributed by atoms with Crippen LogP contribution in [0.1, 0.15) is 6.85 Å². The van der Waals surface area contributed by atoms with Gasteiger partial charge >= 0.3 is 0 Å². The molecule has 0 spiro atoms. The lowest BCUT2D eigenvalue weighted by Gasteiger charge is -2.14. The van der Waals surface area contributed by atoms with E-state index in [1.165, 1.54) is 0 Å². The van der Waals surface area contributed by atoms with Gasteiger partial charge in [-0.3, -0.25) is 4.57 Å². The Labute approximate surface area is 373 Å². The molecule has 63 heavy (non-hydrogen) atoms. The highest BCUT2D eigenvalue weighted by Crippen LogP contribution is 2.44. The fourth-order valence-corrected chi connectivity index (χ4v) is 10.5. The number of thiophene rings is 1. The molecule has 0 amide bonds. The van der Waals surface area contributed by atoms with Gasteiger partial charge in [0.2, 0.25) is 5.95 Å². The maximum Gasteiger partial charge on any atom is 0.238 e. The van der Waals surface area contributed by atoms with Crippen molar-refractivity contribution >= 4 is 75.1 Å². The van der Waals surface area contributed by atoms with Crippen molar-refractivity contribution in [2.75, 3.05) is 0 Å². The number of benzene rings is 9. The van der Waals surface area contributed by atoms with Crippen LogP contribution < -0.4 is 0 Å². The molecule has 0 saturated carbocycles. The Bertz CT molecular complexity index is 4100. The third-order valence-corrected chi connectivity index (χ3v) is 13.3. The summed E-state index contributed by atoms with van der Waals surface area (Å²) in [6, 6.07) is 60.8. The number of aromatic nitrogens is 5. The van der Waals surface area contributed by atoms with Gasteiger partial charge in [0, 0.05) is 58.5 Å². The van der Waals surface area contributed by atoms with E-state index in [0.717, 1.165) is 91.7 Å². The molecule has 5 nitrogen and oxygen atoms in total. The second-order valence-corrected chi connectivity index (χ2v) is 16.7. The largest absolute Gasteiger partial charge is 0.309 e. The molecule has 0 atom stereocenters. The standard InChI is InChI=1S/C57H35N5S/c1-3-16-36(17-4-1)38-20-15-21-39(32-38)40-30-31-46-47-34-41(61-49-26-11-7-22-42(49)43-23-8-12-27-50(43)61)35-48(54(47)63-53(46)33-40)56-58-55(37-18-5-2-6-19-37)59-57(60-56)62-51-28-13-9-24-44(51)45-25-10-14-29-52(45)62/h1-35H/i2D,5D,6D,18D,19D. The zero-order chi connectivity index (χ0) is 45.8. The molecule has 9 aromatic carbocycles. The first-order chi connectivity index (χ1) is 33.3. The number of hydrogen-bond acceptors (Lipinski definition) is 4. The molecule has 13 rings (SSSR count). The normalized spacial score (nSPS) is 12.9. The summed E-state index contributed by atoms with van der Waals surface area (Å²) in [4.78, 5) is 15.5. The molecule has 0 aliphatic heterocycles. The lowest BCUT2D eigenvalue weighted by molar-refractivity contribution is 0.954. The maximum atomic E-state index is 9.11. The first-order valence-corrected chi connectivity index (χ1v) is 21.6. The van der Waals surface area contributed by atoms with E-state index in [1.807, 2.05) is 47.0 Å². The molecular weight excluding hydrogens is 787 g/mol. The van der Waals surface area contributed by atoms with Crippen molar-refractivity contribution in [3.8, 4) is 56.7 Å². The predicted octanol–water partition coefficient (Wildman–Crippen LogP) is 15.1. The zero-order valence-electron chi connectivity index (χ0n) is 38.5. The molecule has 13 aromatic rings.